The average Bonchev–Trinajstić information content (AvgIpc) is 2.70. The van der Waals surface area contributed by atoms with E-state index in [9.17, 15) is 27.3 Å². The number of aromatic nitrogens is 1. The summed E-state index contributed by atoms with van der Waals surface area (Å²) in [6.07, 6.45) is -5.07. The number of benzene rings is 1. The Morgan fingerprint density at radius 1 is 1.13 bits per heavy atom. The topological polar surface area (TPSA) is 123 Å². The fourth-order valence-corrected chi connectivity index (χ4v) is 3.71. The Morgan fingerprint density at radius 2 is 1.80 bits per heavy atom. The number of nitrogens with two attached hydrogens (primary N) is 1. The molecule has 0 saturated heterocycles. The lowest BCUT2D eigenvalue weighted by molar-refractivity contribution is -0.268. The lowest BCUT2D eigenvalue weighted by Crippen LogP contribution is -2.44. The van der Waals surface area contributed by atoms with Crippen molar-refractivity contribution in [3.63, 3.8) is 0 Å². The fraction of sp³-hybridized carbons (Fsp3) is 0.368. The molecule has 0 fully saturated rings. The predicted molar refractivity (Wildman–Crippen MR) is 103 cm³/mol. The van der Waals surface area contributed by atoms with Crippen molar-refractivity contribution >= 4 is 16.8 Å². The van der Waals surface area contributed by atoms with Gasteiger partial charge in [0.1, 0.15) is 17.5 Å². The number of alkyl halides is 3. The molecule has 0 aliphatic rings. The Kier molecular flexibility index (Phi) is 7.93. The summed E-state index contributed by atoms with van der Waals surface area (Å²) in [5.41, 5.74) is 1.32. The van der Waals surface area contributed by atoms with Gasteiger partial charge < -0.3 is 20.7 Å². The van der Waals surface area contributed by atoms with Gasteiger partial charge in [0.25, 0.3) is 0 Å². The van der Waals surface area contributed by atoms with Crippen LogP contribution in [0.4, 0.5) is 13.2 Å². The van der Waals surface area contributed by atoms with Crippen molar-refractivity contribution in [1.29, 1.82) is 0 Å². The molecule has 0 spiro atoms. The van der Waals surface area contributed by atoms with Crippen LogP contribution in [0.15, 0.2) is 48.7 Å². The van der Waals surface area contributed by atoms with Crippen molar-refractivity contribution in [3.05, 3.63) is 54.4 Å². The number of rotatable bonds is 10. The van der Waals surface area contributed by atoms with Gasteiger partial charge in [-0.25, -0.2) is 0 Å². The van der Waals surface area contributed by atoms with E-state index in [1.54, 1.807) is 30.3 Å². The van der Waals surface area contributed by atoms with Crippen molar-refractivity contribution in [2.24, 2.45) is 5.73 Å². The van der Waals surface area contributed by atoms with Gasteiger partial charge in [-0.2, -0.15) is 13.2 Å². The van der Waals surface area contributed by atoms with E-state index in [2.05, 4.69) is 4.98 Å². The first-order valence-corrected chi connectivity index (χ1v) is 10.3. The number of pyridine rings is 1. The molecule has 0 aliphatic carbocycles. The monoisotopic (exact) mass is 446 g/mol. The zero-order chi connectivity index (χ0) is 22.4. The van der Waals surface area contributed by atoms with Crippen LogP contribution >= 0.6 is 0 Å². The molecule has 0 aliphatic heterocycles. The number of carboxylic acid groups (broad SMARTS) is 1. The molecule has 0 saturated carbocycles. The van der Waals surface area contributed by atoms with Gasteiger partial charge in [-0.15, -0.1) is 0 Å². The number of para-hydroxylation sites is 1. The zero-order valence-corrected chi connectivity index (χ0v) is 16.5. The third-order valence-corrected chi connectivity index (χ3v) is 5.62. The largest absolute Gasteiger partial charge is 0.480 e. The maximum absolute atomic E-state index is 13.6. The van der Waals surface area contributed by atoms with E-state index in [0.29, 0.717) is 5.75 Å². The third kappa shape index (κ3) is 6.25. The van der Waals surface area contributed by atoms with Gasteiger partial charge in [-0.3, -0.25) is 14.0 Å². The van der Waals surface area contributed by atoms with Crippen molar-refractivity contribution < 1.29 is 37.1 Å². The highest BCUT2D eigenvalue weighted by atomic mass is 32.2. The minimum Gasteiger partial charge on any atom is -0.480 e. The summed E-state index contributed by atoms with van der Waals surface area (Å²) in [6.45, 7) is 0. The molecule has 4 N–H and O–H groups in total. The Labute approximate surface area is 173 Å². The van der Waals surface area contributed by atoms with Crippen molar-refractivity contribution in [1.82, 2.24) is 4.98 Å². The molecule has 0 radical (unpaired) electrons. The Balaban J connectivity index is 2.08. The minimum atomic E-state index is -5.07. The van der Waals surface area contributed by atoms with Crippen LogP contribution < -0.4 is 10.5 Å². The maximum Gasteiger partial charge on any atom is 0.423 e. The Bertz CT molecular complexity index is 865. The molecule has 2 aromatic rings. The second-order valence-electron chi connectivity index (χ2n) is 6.48. The molecular formula is C19H21F3N2O5S. The van der Waals surface area contributed by atoms with Crippen LogP contribution in [-0.4, -0.2) is 49.1 Å². The van der Waals surface area contributed by atoms with Gasteiger partial charge in [0.15, 0.2) is 0 Å². The molecule has 7 nitrogen and oxygen atoms in total. The van der Waals surface area contributed by atoms with Crippen LogP contribution in [0.25, 0.3) is 0 Å². The molecule has 0 amide bonds. The second kappa shape index (κ2) is 10.0. The standard InChI is InChI=1S/C19H21F3N2O5S/c20-19(21,22)18(27,9-11-30(28)10-8-15(23)17(25)26)16-7-6-14(12-24-16)29-13-4-2-1-3-5-13/h1-7,12,15,27H,8-11,23H2,(H,25,26). The highest BCUT2D eigenvalue weighted by Crippen LogP contribution is 2.41. The van der Waals surface area contributed by atoms with E-state index >= 15 is 0 Å². The molecular weight excluding hydrogens is 425 g/mol. The summed E-state index contributed by atoms with van der Waals surface area (Å²) in [7, 11) is -1.80. The Hall–Kier alpha value is -2.50. The van der Waals surface area contributed by atoms with Crippen LogP contribution in [0.1, 0.15) is 18.5 Å². The molecule has 0 bridgehead atoms. The van der Waals surface area contributed by atoms with E-state index in [4.69, 9.17) is 15.6 Å². The maximum atomic E-state index is 13.6. The van der Waals surface area contributed by atoms with Crippen LogP contribution in [0.3, 0.4) is 0 Å². The number of hydrogen-bond acceptors (Lipinski definition) is 6. The average molecular weight is 446 g/mol. The van der Waals surface area contributed by atoms with Crippen molar-refractivity contribution in [2.45, 2.75) is 30.7 Å². The van der Waals surface area contributed by atoms with Gasteiger partial charge >= 0.3 is 12.1 Å². The van der Waals surface area contributed by atoms with Crippen LogP contribution in [0, 0.1) is 0 Å². The molecule has 164 valence electrons. The number of aliphatic carboxylic acids is 1. The van der Waals surface area contributed by atoms with Crippen molar-refractivity contribution in [3.8, 4) is 11.5 Å². The molecule has 1 heterocycles. The summed E-state index contributed by atoms with van der Waals surface area (Å²) < 4.78 is 58.2. The Morgan fingerprint density at radius 3 is 2.33 bits per heavy atom. The predicted octanol–water partition coefficient (Wildman–Crippen LogP) is 2.56. The summed E-state index contributed by atoms with van der Waals surface area (Å²) in [6, 6.07) is 9.53. The summed E-state index contributed by atoms with van der Waals surface area (Å²) in [5, 5.41) is 19.0. The number of halogens is 3. The minimum absolute atomic E-state index is 0.157. The number of carboxylic acids is 1. The molecule has 30 heavy (non-hydrogen) atoms. The first-order chi connectivity index (χ1) is 14.0. The first-order valence-electron chi connectivity index (χ1n) is 8.85. The highest BCUT2D eigenvalue weighted by Gasteiger charge is 2.55. The van der Waals surface area contributed by atoms with Gasteiger partial charge in [-0.1, -0.05) is 18.2 Å². The fourth-order valence-electron chi connectivity index (χ4n) is 2.47. The molecule has 3 unspecified atom stereocenters. The smallest absolute Gasteiger partial charge is 0.423 e. The van der Waals surface area contributed by atoms with Gasteiger partial charge in [0, 0.05) is 28.7 Å². The quantitative estimate of drug-likeness (QED) is 0.513. The van der Waals surface area contributed by atoms with Crippen LogP contribution in [-0.2, 0) is 21.2 Å². The number of carbonyl (C=O) groups is 1. The summed E-state index contributed by atoms with van der Waals surface area (Å²) in [4.78, 5) is 14.4. The van der Waals surface area contributed by atoms with Gasteiger partial charge in [0.2, 0.25) is 5.60 Å². The SMILES string of the molecule is NC(CCS(=O)CCC(O)(c1ccc(Oc2ccccc2)cn1)C(F)(F)F)C(=O)O. The van der Waals surface area contributed by atoms with Crippen LogP contribution in [0.2, 0.25) is 0 Å². The highest BCUT2D eigenvalue weighted by molar-refractivity contribution is 7.84. The van der Waals surface area contributed by atoms with E-state index in [1.165, 1.54) is 6.07 Å². The lowest BCUT2D eigenvalue weighted by atomic mass is 9.95. The molecule has 2 rings (SSSR count). The zero-order valence-electron chi connectivity index (χ0n) is 15.7. The van der Waals surface area contributed by atoms with E-state index in [-0.39, 0.29) is 17.9 Å². The second-order valence-corrected chi connectivity index (χ2v) is 8.18. The molecule has 3 atom stereocenters. The van der Waals surface area contributed by atoms with E-state index in [0.717, 1.165) is 12.3 Å². The number of aliphatic hydroxyl groups is 1. The molecule has 1 aromatic heterocycles. The van der Waals surface area contributed by atoms with Gasteiger partial charge in [0.05, 0.1) is 11.9 Å². The van der Waals surface area contributed by atoms with E-state index < -0.39 is 52.5 Å². The van der Waals surface area contributed by atoms with E-state index in [1.807, 2.05) is 0 Å². The first kappa shape index (κ1) is 23.8. The normalized spacial score (nSPS) is 15.8. The lowest BCUT2D eigenvalue weighted by Gasteiger charge is -2.30. The van der Waals surface area contributed by atoms with Crippen molar-refractivity contribution in [2.75, 3.05) is 11.5 Å². The number of nitrogens with zero attached hydrogens (tertiary/aromatic N) is 1. The van der Waals surface area contributed by atoms with Crippen LogP contribution in [0.5, 0.6) is 11.5 Å². The summed E-state index contributed by atoms with van der Waals surface area (Å²) >= 11 is 0. The molecule has 11 heteroatoms. The summed E-state index contributed by atoms with van der Waals surface area (Å²) in [5.74, 6) is -1.35. The molecule has 1 aromatic carbocycles. The number of ether oxygens (including phenoxy) is 1. The third-order valence-electron chi connectivity index (χ3n) is 4.27. The number of hydrogen-bond donors (Lipinski definition) is 3. The van der Waals surface area contributed by atoms with Gasteiger partial charge in [-0.05, 0) is 30.7 Å².